The summed E-state index contributed by atoms with van der Waals surface area (Å²) in [4.78, 5) is 4.27. The smallest absolute Gasteiger partial charge is 0.240 e. The van der Waals surface area contributed by atoms with Gasteiger partial charge in [0, 0.05) is 0 Å². The maximum Gasteiger partial charge on any atom is 0.240 e. The lowest BCUT2D eigenvalue weighted by atomic mass is 10.0. The number of halogens is 1. The third kappa shape index (κ3) is 2.04. The van der Waals surface area contributed by atoms with Gasteiger partial charge in [-0.15, -0.1) is 0 Å². The normalized spacial score (nSPS) is 13.6. The molecule has 0 aliphatic heterocycles. The molecule has 6 heteroatoms. The van der Waals surface area contributed by atoms with E-state index in [0.29, 0.717) is 11.7 Å². The minimum absolute atomic E-state index is 0.238. The van der Waals surface area contributed by atoms with Crippen molar-refractivity contribution in [2.75, 3.05) is 7.11 Å². The summed E-state index contributed by atoms with van der Waals surface area (Å²) in [5, 5.41) is 3.97. The van der Waals surface area contributed by atoms with Crippen molar-refractivity contribution in [1.29, 1.82) is 0 Å². The summed E-state index contributed by atoms with van der Waals surface area (Å²) in [6.07, 6.45) is 3.32. The largest absolute Gasteiger partial charge is 0.495 e. The Balaban J connectivity index is 2.17. The van der Waals surface area contributed by atoms with Gasteiger partial charge in [0.2, 0.25) is 11.7 Å². The van der Waals surface area contributed by atoms with Crippen LogP contribution in [0, 0.1) is 0 Å². The van der Waals surface area contributed by atoms with Gasteiger partial charge >= 0.3 is 0 Å². The van der Waals surface area contributed by atoms with Crippen molar-refractivity contribution in [3.63, 3.8) is 0 Å². The highest BCUT2D eigenvalue weighted by Crippen LogP contribution is 2.42. The van der Waals surface area contributed by atoms with Crippen LogP contribution in [0.25, 0.3) is 11.4 Å². The van der Waals surface area contributed by atoms with Crippen molar-refractivity contribution >= 4 is 15.9 Å². The summed E-state index contributed by atoms with van der Waals surface area (Å²) in [6.45, 7) is 0.238. The number of nitrogens with zero attached hydrogens (tertiary/aromatic N) is 2. The molecule has 19 heavy (non-hydrogen) atoms. The summed E-state index contributed by atoms with van der Waals surface area (Å²) >= 11 is 3.63. The van der Waals surface area contributed by atoms with Crippen LogP contribution in [0.1, 0.15) is 23.4 Å². The predicted octanol–water partition coefficient (Wildman–Crippen LogP) is 2.46. The summed E-state index contributed by atoms with van der Waals surface area (Å²) in [5.41, 5.74) is 8.98. The Kier molecular flexibility index (Phi) is 3.28. The standard InChI is InChI=1S/C13H14BrN3O2/c1-18-12-9(13-16-10(6-15)19-17-13)5-7-3-2-4-8(7)11(12)14/h5H,2-4,6,15H2,1H3. The van der Waals surface area contributed by atoms with Gasteiger partial charge in [-0.3, -0.25) is 0 Å². The van der Waals surface area contributed by atoms with Crippen molar-refractivity contribution in [1.82, 2.24) is 10.1 Å². The second kappa shape index (κ2) is 4.94. The fourth-order valence-corrected chi connectivity index (χ4v) is 3.31. The van der Waals surface area contributed by atoms with Crippen LogP contribution >= 0.6 is 15.9 Å². The molecular weight excluding hydrogens is 310 g/mol. The first-order valence-electron chi connectivity index (χ1n) is 6.16. The molecule has 100 valence electrons. The fraction of sp³-hybridized carbons (Fsp3) is 0.385. The number of rotatable bonds is 3. The van der Waals surface area contributed by atoms with Crippen molar-refractivity contribution in [3.8, 4) is 17.1 Å². The minimum Gasteiger partial charge on any atom is -0.495 e. The van der Waals surface area contributed by atoms with E-state index in [0.717, 1.165) is 28.6 Å². The van der Waals surface area contributed by atoms with Crippen LogP contribution in [0.15, 0.2) is 15.1 Å². The van der Waals surface area contributed by atoms with Crippen LogP contribution in [-0.2, 0) is 19.4 Å². The first-order valence-corrected chi connectivity index (χ1v) is 6.95. The summed E-state index contributed by atoms with van der Waals surface area (Å²) in [5.74, 6) is 1.70. The molecule has 2 N–H and O–H groups in total. The monoisotopic (exact) mass is 323 g/mol. The lowest BCUT2D eigenvalue weighted by Gasteiger charge is -2.12. The second-order valence-electron chi connectivity index (χ2n) is 4.48. The van der Waals surface area contributed by atoms with Crippen molar-refractivity contribution < 1.29 is 9.26 Å². The molecule has 0 atom stereocenters. The maximum atomic E-state index is 5.50. The fourth-order valence-electron chi connectivity index (χ4n) is 2.48. The van der Waals surface area contributed by atoms with Gasteiger partial charge in [0.25, 0.3) is 0 Å². The van der Waals surface area contributed by atoms with E-state index in [-0.39, 0.29) is 6.54 Å². The van der Waals surface area contributed by atoms with E-state index in [9.17, 15) is 0 Å². The molecule has 0 radical (unpaired) electrons. The molecule has 0 saturated heterocycles. The van der Waals surface area contributed by atoms with Crippen LogP contribution in [0.4, 0.5) is 0 Å². The van der Waals surface area contributed by atoms with Crippen LogP contribution in [0.3, 0.4) is 0 Å². The number of fused-ring (bicyclic) bond motifs is 1. The minimum atomic E-state index is 0.238. The first-order chi connectivity index (χ1) is 9.24. The molecule has 1 aromatic heterocycles. The van der Waals surface area contributed by atoms with Crippen LogP contribution in [0.2, 0.25) is 0 Å². The molecule has 1 heterocycles. The zero-order valence-corrected chi connectivity index (χ0v) is 12.2. The van der Waals surface area contributed by atoms with Gasteiger partial charge in [0.1, 0.15) is 5.75 Å². The molecule has 0 fully saturated rings. The SMILES string of the molecule is COc1c(-c2noc(CN)n2)cc2c(c1Br)CCC2. The third-order valence-electron chi connectivity index (χ3n) is 3.38. The lowest BCUT2D eigenvalue weighted by Crippen LogP contribution is -1.97. The highest BCUT2D eigenvalue weighted by molar-refractivity contribution is 9.10. The Bertz CT molecular complexity index is 625. The number of hydrogen-bond donors (Lipinski definition) is 1. The molecule has 0 bridgehead atoms. The van der Waals surface area contributed by atoms with Crippen molar-refractivity contribution in [3.05, 3.63) is 27.6 Å². The lowest BCUT2D eigenvalue weighted by molar-refractivity contribution is 0.379. The summed E-state index contributed by atoms with van der Waals surface area (Å²) in [7, 11) is 1.65. The summed E-state index contributed by atoms with van der Waals surface area (Å²) < 4.78 is 11.6. The van der Waals surface area contributed by atoms with Crippen LogP contribution < -0.4 is 10.5 Å². The van der Waals surface area contributed by atoms with E-state index >= 15 is 0 Å². The zero-order valence-electron chi connectivity index (χ0n) is 10.6. The van der Waals surface area contributed by atoms with Crippen LogP contribution in [-0.4, -0.2) is 17.3 Å². The van der Waals surface area contributed by atoms with Gasteiger partial charge in [-0.25, -0.2) is 0 Å². The highest BCUT2D eigenvalue weighted by Gasteiger charge is 2.23. The molecular formula is C13H14BrN3O2. The van der Waals surface area contributed by atoms with Gasteiger partial charge in [-0.05, 0) is 52.4 Å². The van der Waals surface area contributed by atoms with Crippen molar-refractivity contribution in [2.24, 2.45) is 5.73 Å². The molecule has 1 aromatic carbocycles. The first kappa shape index (κ1) is 12.6. The van der Waals surface area contributed by atoms with Gasteiger partial charge in [0.15, 0.2) is 0 Å². The Morgan fingerprint density at radius 3 is 3.00 bits per heavy atom. The number of nitrogens with two attached hydrogens (primary N) is 1. The zero-order chi connectivity index (χ0) is 13.4. The van der Waals surface area contributed by atoms with Gasteiger partial charge in [-0.2, -0.15) is 4.98 Å². The van der Waals surface area contributed by atoms with Gasteiger partial charge in [0.05, 0.1) is 23.7 Å². The number of aromatic nitrogens is 2. The predicted molar refractivity (Wildman–Crippen MR) is 73.9 cm³/mol. The Hall–Kier alpha value is -1.40. The Morgan fingerprint density at radius 2 is 2.32 bits per heavy atom. The Labute approximate surface area is 119 Å². The number of ether oxygens (including phenoxy) is 1. The number of benzene rings is 1. The molecule has 5 nitrogen and oxygen atoms in total. The molecule has 0 unspecified atom stereocenters. The molecule has 1 aliphatic carbocycles. The van der Waals surface area contributed by atoms with E-state index in [1.807, 2.05) is 0 Å². The number of hydrogen-bond acceptors (Lipinski definition) is 5. The van der Waals surface area contributed by atoms with Gasteiger partial charge in [-0.1, -0.05) is 5.16 Å². The van der Waals surface area contributed by atoms with E-state index in [2.05, 4.69) is 32.1 Å². The maximum absolute atomic E-state index is 5.50. The van der Waals surface area contributed by atoms with E-state index in [1.165, 1.54) is 17.5 Å². The summed E-state index contributed by atoms with van der Waals surface area (Å²) in [6, 6.07) is 2.09. The topological polar surface area (TPSA) is 74.2 Å². The highest BCUT2D eigenvalue weighted by atomic mass is 79.9. The molecule has 1 aliphatic rings. The number of methoxy groups -OCH3 is 1. The van der Waals surface area contributed by atoms with E-state index in [4.69, 9.17) is 15.0 Å². The number of aryl methyl sites for hydroxylation is 1. The van der Waals surface area contributed by atoms with E-state index < -0.39 is 0 Å². The molecule has 0 amide bonds. The van der Waals surface area contributed by atoms with E-state index in [1.54, 1.807) is 7.11 Å². The average molecular weight is 324 g/mol. The second-order valence-corrected chi connectivity index (χ2v) is 5.27. The van der Waals surface area contributed by atoms with Crippen LogP contribution in [0.5, 0.6) is 5.75 Å². The third-order valence-corrected chi connectivity index (χ3v) is 4.21. The molecule has 0 saturated carbocycles. The molecule has 0 spiro atoms. The average Bonchev–Trinajstić information content (AvgIpc) is 3.07. The van der Waals surface area contributed by atoms with Gasteiger partial charge < -0.3 is 15.0 Å². The molecule has 2 aromatic rings. The van der Waals surface area contributed by atoms with Crippen molar-refractivity contribution in [2.45, 2.75) is 25.8 Å². The quantitative estimate of drug-likeness (QED) is 0.939. The Morgan fingerprint density at radius 1 is 1.47 bits per heavy atom. The molecule has 3 rings (SSSR count).